The van der Waals surface area contributed by atoms with Crippen LogP contribution in [0.5, 0.6) is 0 Å². The van der Waals surface area contributed by atoms with Gasteiger partial charge in [0, 0.05) is 19.7 Å². The van der Waals surface area contributed by atoms with Crippen molar-refractivity contribution in [2.24, 2.45) is 0 Å². The summed E-state index contributed by atoms with van der Waals surface area (Å²) in [6.07, 6.45) is -0.465. The van der Waals surface area contributed by atoms with E-state index in [1.165, 1.54) is 5.56 Å². The summed E-state index contributed by atoms with van der Waals surface area (Å²) in [7, 11) is 3.71. The van der Waals surface area contributed by atoms with Gasteiger partial charge in [0.2, 0.25) is 0 Å². The topological polar surface area (TPSA) is 32.7 Å². The van der Waals surface area contributed by atoms with Crippen molar-refractivity contribution < 1.29 is 9.84 Å². The largest absolute Gasteiger partial charge is 0.387 e. The average molecular weight is 279 g/mol. The van der Waals surface area contributed by atoms with Gasteiger partial charge in [0.05, 0.1) is 12.7 Å². The first-order valence-corrected chi connectivity index (χ1v) is 7.23. The number of aliphatic hydroxyl groups is 1. The molecule has 0 aliphatic heterocycles. The fourth-order valence-electron chi connectivity index (χ4n) is 2.13. The van der Waals surface area contributed by atoms with Crippen molar-refractivity contribution in [3.63, 3.8) is 0 Å². The number of hydrogen-bond donors (Lipinski definition) is 1. The van der Waals surface area contributed by atoms with Crippen molar-refractivity contribution >= 4 is 0 Å². The molecule has 20 heavy (non-hydrogen) atoms. The number of hydrogen-bond acceptors (Lipinski definition) is 3. The number of rotatable bonds is 6. The molecule has 0 heterocycles. The van der Waals surface area contributed by atoms with Gasteiger partial charge in [0.15, 0.2) is 0 Å². The maximum Gasteiger partial charge on any atom is 0.0916 e. The smallest absolute Gasteiger partial charge is 0.0916 e. The molecule has 1 N–H and O–H groups in total. The predicted molar refractivity (Wildman–Crippen MR) is 84.1 cm³/mol. The van der Waals surface area contributed by atoms with Crippen LogP contribution in [-0.2, 0) is 10.2 Å². The van der Waals surface area contributed by atoms with Crippen molar-refractivity contribution in [3.05, 3.63) is 35.4 Å². The van der Waals surface area contributed by atoms with Crippen molar-refractivity contribution in [1.82, 2.24) is 4.90 Å². The summed E-state index contributed by atoms with van der Waals surface area (Å²) in [5.74, 6) is 0. The summed E-state index contributed by atoms with van der Waals surface area (Å²) in [6.45, 7) is 9.96. The second-order valence-electron chi connectivity index (χ2n) is 6.63. The van der Waals surface area contributed by atoms with E-state index >= 15 is 0 Å². The van der Waals surface area contributed by atoms with Gasteiger partial charge in [-0.05, 0) is 30.5 Å². The summed E-state index contributed by atoms with van der Waals surface area (Å²) in [4.78, 5) is 2.12. The highest BCUT2D eigenvalue weighted by atomic mass is 16.5. The zero-order chi connectivity index (χ0) is 15.3. The first-order valence-electron chi connectivity index (χ1n) is 7.23. The van der Waals surface area contributed by atoms with E-state index < -0.39 is 6.10 Å². The Labute approximate surface area is 123 Å². The van der Waals surface area contributed by atoms with Crippen LogP contribution >= 0.6 is 0 Å². The van der Waals surface area contributed by atoms with Crippen LogP contribution in [0.15, 0.2) is 24.3 Å². The van der Waals surface area contributed by atoms with E-state index in [9.17, 15) is 5.11 Å². The molecule has 0 saturated heterocycles. The highest BCUT2D eigenvalue weighted by molar-refractivity contribution is 5.28. The fraction of sp³-hybridized carbons (Fsp3) is 0.647. The number of ether oxygens (including phenoxy) is 1. The van der Waals surface area contributed by atoms with Crippen molar-refractivity contribution in [3.8, 4) is 0 Å². The fourth-order valence-corrected chi connectivity index (χ4v) is 2.13. The summed E-state index contributed by atoms with van der Waals surface area (Å²) in [5, 5.41) is 10.3. The molecule has 0 amide bonds. The Morgan fingerprint density at radius 3 is 2.20 bits per heavy atom. The third-order valence-corrected chi connectivity index (χ3v) is 3.78. The first-order chi connectivity index (χ1) is 9.25. The Kier molecular flexibility index (Phi) is 6.18. The van der Waals surface area contributed by atoms with Crippen molar-refractivity contribution in [1.29, 1.82) is 0 Å². The summed E-state index contributed by atoms with van der Waals surface area (Å²) in [5.41, 5.74) is 2.40. The zero-order valence-electron chi connectivity index (χ0n) is 13.7. The van der Waals surface area contributed by atoms with Crippen LogP contribution in [-0.4, -0.2) is 43.4 Å². The van der Waals surface area contributed by atoms with Crippen LogP contribution in [0.4, 0.5) is 0 Å². The minimum Gasteiger partial charge on any atom is -0.387 e. The minimum absolute atomic E-state index is 0.146. The summed E-state index contributed by atoms with van der Waals surface area (Å²) in [6, 6.07) is 8.57. The van der Waals surface area contributed by atoms with E-state index in [2.05, 4.69) is 44.7 Å². The molecule has 1 aromatic carbocycles. The molecule has 0 saturated carbocycles. The maximum absolute atomic E-state index is 10.3. The SMILES string of the molecule is COCC(C)N(C)CC(O)c1ccc(C(C)(C)C)cc1. The molecule has 114 valence electrons. The Morgan fingerprint density at radius 2 is 1.75 bits per heavy atom. The predicted octanol–water partition coefficient (Wildman–Crippen LogP) is 2.98. The molecule has 2 atom stereocenters. The normalized spacial score (nSPS) is 15.4. The van der Waals surface area contributed by atoms with E-state index in [1.807, 2.05) is 19.2 Å². The minimum atomic E-state index is -0.465. The second kappa shape index (κ2) is 7.21. The van der Waals surface area contributed by atoms with E-state index in [0.29, 0.717) is 19.2 Å². The van der Waals surface area contributed by atoms with Gasteiger partial charge in [-0.3, -0.25) is 4.90 Å². The van der Waals surface area contributed by atoms with E-state index in [-0.39, 0.29) is 5.41 Å². The Bertz CT molecular complexity index is 394. The average Bonchev–Trinajstić information content (AvgIpc) is 2.38. The molecular formula is C17H29NO2. The molecule has 1 rings (SSSR count). The van der Waals surface area contributed by atoms with Gasteiger partial charge in [-0.1, -0.05) is 45.0 Å². The lowest BCUT2D eigenvalue weighted by molar-refractivity contribution is 0.0709. The van der Waals surface area contributed by atoms with Gasteiger partial charge in [0.25, 0.3) is 0 Å². The molecular weight excluding hydrogens is 250 g/mol. The number of aliphatic hydroxyl groups excluding tert-OH is 1. The Balaban J connectivity index is 2.66. The zero-order valence-corrected chi connectivity index (χ0v) is 13.7. The number of methoxy groups -OCH3 is 1. The van der Waals surface area contributed by atoms with Gasteiger partial charge < -0.3 is 9.84 Å². The number of nitrogens with zero attached hydrogens (tertiary/aromatic N) is 1. The lowest BCUT2D eigenvalue weighted by atomic mass is 9.86. The van der Waals surface area contributed by atoms with Gasteiger partial charge >= 0.3 is 0 Å². The Hall–Kier alpha value is -0.900. The summed E-state index contributed by atoms with van der Waals surface area (Å²) < 4.78 is 5.14. The highest BCUT2D eigenvalue weighted by Crippen LogP contribution is 2.24. The van der Waals surface area contributed by atoms with Crippen LogP contribution < -0.4 is 0 Å². The second-order valence-corrected chi connectivity index (χ2v) is 6.63. The molecule has 3 nitrogen and oxygen atoms in total. The van der Waals surface area contributed by atoms with Crippen molar-refractivity contribution in [2.75, 3.05) is 27.3 Å². The van der Waals surface area contributed by atoms with Gasteiger partial charge in [-0.25, -0.2) is 0 Å². The lowest BCUT2D eigenvalue weighted by Crippen LogP contribution is -2.35. The molecule has 0 aromatic heterocycles. The highest BCUT2D eigenvalue weighted by Gasteiger charge is 2.17. The van der Waals surface area contributed by atoms with Crippen LogP contribution in [0.25, 0.3) is 0 Å². The Morgan fingerprint density at radius 1 is 1.20 bits per heavy atom. The summed E-state index contributed by atoms with van der Waals surface area (Å²) >= 11 is 0. The number of benzene rings is 1. The van der Waals surface area contributed by atoms with E-state index in [0.717, 1.165) is 5.56 Å². The molecule has 1 aromatic rings. The van der Waals surface area contributed by atoms with Gasteiger partial charge in [0.1, 0.15) is 0 Å². The molecule has 0 aliphatic carbocycles. The van der Waals surface area contributed by atoms with Crippen LogP contribution in [0, 0.1) is 0 Å². The third-order valence-electron chi connectivity index (χ3n) is 3.78. The monoisotopic (exact) mass is 279 g/mol. The van der Waals surface area contributed by atoms with Crippen LogP contribution in [0.2, 0.25) is 0 Å². The molecule has 0 bridgehead atoms. The third kappa shape index (κ3) is 4.89. The standard InChI is InChI=1S/C17H29NO2/c1-13(12-20-6)18(5)11-16(19)14-7-9-15(10-8-14)17(2,3)4/h7-10,13,16,19H,11-12H2,1-6H3. The lowest BCUT2D eigenvalue weighted by Gasteiger charge is -2.27. The van der Waals surface area contributed by atoms with E-state index in [1.54, 1.807) is 7.11 Å². The van der Waals surface area contributed by atoms with Crippen LogP contribution in [0.1, 0.15) is 44.9 Å². The first kappa shape index (κ1) is 17.2. The van der Waals surface area contributed by atoms with Crippen molar-refractivity contribution in [2.45, 2.75) is 45.3 Å². The maximum atomic E-state index is 10.3. The van der Waals surface area contributed by atoms with Crippen LogP contribution in [0.3, 0.4) is 0 Å². The molecule has 0 fully saturated rings. The molecule has 0 radical (unpaired) electrons. The van der Waals surface area contributed by atoms with E-state index in [4.69, 9.17) is 4.74 Å². The number of likely N-dealkylation sites (N-methyl/N-ethyl adjacent to an activating group) is 1. The molecule has 0 aliphatic rings. The molecule has 0 spiro atoms. The molecule has 3 heteroatoms. The molecule has 2 unspecified atom stereocenters. The van der Waals surface area contributed by atoms with Gasteiger partial charge in [-0.15, -0.1) is 0 Å². The van der Waals surface area contributed by atoms with Gasteiger partial charge in [-0.2, -0.15) is 0 Å². The quantitative estimate of drug-likeness (QED) is 0.869.